The van der Waals surface area contributed by atoms with E-state index in [1.54, 1.807) is 12.1 Å². The predicted molar refractivity (Wildman–Crippen MR) is 85.6 cm³/mol. The van der Waals surface area contributed by atoms with E-state index in [4.69, 9.17) is 11.6 Å². The summed E-state index contributed by atoms with van der Waals surface area (Å²) >= 11 is 9.40. The van der Waals surface area contributed by atoms with Gasteiger partial charge in [-0.1, -0.05) is 36.7 Å². The summed E-state index contributed by atoms with van der Waals surface area (Å²) in [5.41, 5.74) is 1.64. The fourth-order valence-corrected chi connectivity index (χ4v) is 2.97. The van der Waals surface area contributed by atoms with E-state index in [1.807, 2.05) is 13.0 Å². The Balaban J connectivity index is 2.33. The summed E-state index contributed by atoms with van der Waals surface area (Å²) in [5, 5.41) is 3.67. The fourth-order valence-electron chi connectivity index (χ4n) is 2.25. The van der Waals surface area contributed by atoms with Gasteiger partial charge in [-0.15, -0.1) is 0 Å². The standard InChI is InChI=1S/C16H15BrClF2N/c1-2-21-15(12-7-6-11(19)9-13(12)18)8-10-4-3-5-14(20)16(10)17/h3-7,9,15,21H,2,8H2,1H3. The van der Waals surface area contributed by atoms with Crippen molar-refractivity contribution >= 4 is 27.5 Å². The van der Waals surface area contributed by atoms with Crippen molar-refractivity contribution < 1.29 is 8.78 Å². The monoisotopic (exact) mass is 373 g/mol. The average Bonchev–Trinajstić information content (AvgIpc) is 2.43. The summed E-state index contributed by atoms with van der Waals surface area (Å²) in [7, 11) is 0. The minimum atomic E-state index is -0.370. The number of hydrogen-bond acceptors (Lipinski definition) is 1. The SMILES string of the molecule is CCNC(Cc1cccc(F)c1Br)c1ccc(F)cc1Cl. The fraction of sp³-hybridized carbons (Fsp3) is 0.250. The molecule has 2 rings (SSSR count). The molecule has 21 heavy (non-hydrogen) atoms. The van der Waals surface area contributed by atoms with Gasteiger partial charge in [0.2, 0.25) is 0 Å². The Morgan fingerprint density at radius 3 is 2.67 bits per heavy atom. The van der Waals surface area contributed by atoms with Crippen molar-refractivity contribution in [1.29, 1.82) is 0 Å². The number of halogens is 4. The highest BCUT2D eigenvalue weighted by atomic mass is 79.9. The predicted octanol–water partition coefficient (Wildman–Crippen LogP) is 5.27. The van der Waals surface area contributed by atoms with Gasteiger partial charge in [0.05, 0.1) is 4.47 Å². The minimum absolute atomic E-state index is 0.110. The van der Waals surface area contributed by atoms with Crippen LogP contribution in [0.15, 0.2) is 40.9 Å². The van der Waals surface area contributed by atoms with Gasteiger partial charge >= 0.3 is 0 Å². The Hall–Kier alpha value is -0.970. The molecule has 0 spiro atoms. The molecule has 0 saturated carbocycles. The summed E-state index contributed by atoms with van der Waals surface area (Å²) in [6.45, 7) is 2.70. The summed E-state index contributed by atoms with van der Waals surface area (Å²) < 4.78 is 27.2. The molecule has 0 saturated heterocycles. The highest BCUT2D eigenvalue weighted by molar-refractivity contribution is 9.10. The highest BCUT2D eigenvalue weighted by Gasteiger charge is 2.17. The van der Waals surface area contributed by atoms with E-state index in [9.17, 15) is 8.78 Å². The average molecular weight is 375 g/mol. The zero-order valence-electron chi connectivity index (χ0n) is 11.5. The second-order valence-corrected chi connectivity index (χ2v) is 5.89. The lowest BCUT2D eigenvalue weighted by molar-refractivity contribution is 0.543. The topological polar surface area (TPSA) is 12.0 Å². The maximum absolute atomic E-state index is 13.6. The number of benzene rings is 2. The Morgan fingerprint density at radius 2 is 2.00 bits per heavy atom. The van der Waals surface area contributed by atoms with Crippen LogP contribution < -0.4 is 5.32 Å². The Kier molecular flexibility index (Phi) is 5.73. The van der Waals surface area contributed by atoms with Crippen LogP contribution in [0.5, 0.6) is 0 Å². The Bertz CT molecular complexity index is 634. The first-order valence-electron chi connectivity index (χ1n) is 6.64. The molecule has 1 nitrogen and oxygen atoms in total. The molecule has 0 aliphatic rings. The quantitative estimate of drug-likeness (QED) is 0.751. The van der Waals surface area contributed by atoms with Gasteiger partial charge in [0.25, 0.3) is 0 Å². The summed E-state index contributed by atoms with van der Waals surface area (Å²) in [6.07, 6.45) is 0.553. The number of hydrogen-bond donors (Lipinski definition) is 1. The lowest BCUT2D eigenvalue weighted by Gasteiger charge is -2.20. The normalized spacial score (nSPS) is 12.4. The van der Waals surface area contributed by atoms with Gasteiger partial charge in [-0.2, -0.15) is 0 Å². The third-order valence-corrected chi connectivity index (χ3v) is 4.46. The van der Waals surface area contributed by atoms with Crippen LogP contribution in [0.4, 0.5) is 8.78 Å². The van der Waals surface area contributed by atoms with E-state index in [1.165, 1.54) is 18.2 Å². The molecule has 1 unspecified atom stereocenters. The molecular formula is C16H15BrClF2N. The molecule has 0 amide bonds. The van der Waals surface area contributed by atoms with E-state index in [0.29, 0.717) is 15.9 Å². The number of rotatable bonds is 5. The second-order valence-electron chi connectivity index (χ2n) is 4.69. The van der Waals surface area contributed by atoms with Gasteiger partial charge in [-0.05, 0) is 58.2 Å². The van der Waals surface area contributed by atoms with Crippen LogP contribution in [-0.2, 0) is 6.42 Å². The Morgan fingerprint density at radius 1 is 1.24 bits per heavy atom. The van der Waals surface area contributed by atoms with Crippen molar-refractivity contribution in [1.82, 2.24) is 5.32 Å². The Labute approximate surface area is 136 Å². The molecular weight excluding hydrogens is 360 g/mol. The van der Waals surface area contributed by atoms with E-state index in [2.05, 4.69) is 21.2 Å². The largest absolute Gasteiger partial charge is 0.310 e. The number of likely N-dealkylation sites (N-methyl/N-ethyl adjacent to an activating group) is 1. The summed E-state index contributed by atoms with van der Waals surface area (Å²) in [6, 6.07) is 9.16. The van der Waals surface area contributed by atoms with Crippen LogP contribution in [0.2, 0.25) is 5.02 Å². The first kappa shape index (κ1) is 16.4. The summed E-state index contributed by atoms with van der Waals surface area (Å²) in [5.74, 6) is -0.668. The molecule has 0 aromatic heterocycles. The van der Waals surface area contributed by atoms with Crippen molar-refractivity contribution in [2.24, 2.45) is 0 Å². The minimum Gasteiger partial charge on any atom is -0.310 e. The second kappa shape index (κ2) is 7.34. The molecule has 0 radical (unpaired) electrons. The van der Waals surface area contributed by atoms with Crippen LogP contribution in [0.25, 0.3) is 0 Å². The third kappa shape index (κ3) is 4.02. The molecule has 0 aliphatic heterocycles. The van der Waals surface area contributed by atoms with Crippen molar-refractivity contribution in [3.63, 3.8) is 0 Å². The van der Waals surface area contributed by atoms with Gasteiger partial charge in [-0.25, -0.2) is 8.78 Å². The van der Waals surface area contributed by atoms with E-state index in [-0.39, 0.29) is 17.7 Å². The van der Waals surface area contributed by atoms with E-state index < -0.39 is 0 Å². The van der Waals surface area contributed by atoms with Gasteiger partial charge in [0.1, 0.15) is 11.6 Å². The molecule has 0 aliphatic carbocycles. The zero-order valence-corrected chi connectivity index (χ0v) is 13.8. The van der Waals surface area contributed by atoms with Crippen LogP contribution in [-0.4, -0.2) is 6.54 Å². The molecule has 5 heteroatoms. The van der Waals surface area contributed by atoms with Gasteiger partial charge in [0.15, 0.2) is 0 Å². The molecule has 2 aromatic rings. The van der Waals surface area contributed by atoms with Gasteiger partial charge < -0.3 is 5.32 Å². The van der Waals surface area contributed by atoms with Crippen LogP contribution in [0.3, 0.4) is 0 Å². The molecule has 2 aromatic carbocycles. The highest BCUT2D eigenvalue weighted by Crippen LogP contribution is 2.29. The first-order chi connectivity index (χ1) is 10.0. The van der Waals surface area contributed by atoms with Gasteiger partial charge in [0, 0.05) is 11.1 Å². The summed E-state index contributed by atoms with van der Waals surface area (Å²) in [4.78, 5) is 0. The smallest absolute Gasteiger partial charge is 0.137 e. The van der Waals surface area contributed by atoms with Crippen LogP contribution in [0.1, 0.15) is 24.1 Å². The van der Waals surface area contributed by atoms with E-state index in [0.717, 1.165) is 17.7 Å². The van der Waals surface area contributed by atoms with Crippen LogP contribution in [0, 0.1) is 11.6 Å². The maximum Gasteiger partial charge on any atom is 0.137 e. The molecule has 1 atom stereocenters. The van der Waals surface area contributed by atoms with Crippen molar-refractivity contribution in [2.45, 2.75) is 19.4 Å². The van der Waals surface area contributed by atoms with Crippen molar-refractivity contribution in [3.05, 3.63) is 68.7 Å². The van der Waals surface area contributed by atoms with Crippen molar-refractivity contribution in [3.8, 4) is 0 Å². The van der Waals surface area contributed by atoms with Crippen LogP contribution >= 0.6 is 27.5 Å². The zero-order chi connectivity index (χ0) is 15.4. The molecule has 1 N–H and O–H groups in total. The lowest BCUT2D eigenvalue weighted by Crippen LogP contribution is -2.23. The molecule has 0 heterocycles. The third-order valence-electron chi connectivity index (χ3n) is 3.24. The molecule has 0 fully saturated rings. The first-order valence-corrected chi connectivity index (χ1v) is 7.81. The molecule has 112 valence electrons. The number of nitrogens with one attached hydrogen (secondary N) is 1. The molecule has 0 bridgehead atoms. The van der Waals surface area contributed by atoms with Gasteiger partial charge in [-0.3, -0.25) is 0 Å². The van der Waals surface area contributed by atoms with Crippen molar-refractivity contribution in [2.75, 3.05) is 6.54 Å². The lowest BCUT2D eigenvalue weighted by atomic mass is 9.98. The maximum atomic E-state index is 13.6. The van der Waals surface area contributed by atoms with E-state index >= 15 is 0 Å².